The first-order valence-electron chi connectivity index (χ1n) is 15.2. The number of amides is 1. The predicted octanol–water partition coefficient (Wildman–Crippen LogP) is 8.19. The van der Waals surface area contributed by atoms with Gasteiger partial charge in [-0.05, 0) is 71.1 Å². The Hall–Kier alpha value is -4.67. The van der Waals surface area contributed by atoms with Crippen molar-refractivity contribution >= 4 is 56.5 Å². The van der Waals surface area contributed by atoms with Gasteiger partial charge in [-0.15, -0.1) is 10.2 Å². The van der Waals surface area contributed by atoms with Gasteiger partial charge in [-0.25, -0.2) is 0 Å². The number of fused-ring (bicyclic) bond motifs is 1. The number of anilines is 1. The highest BCUT2D eigenvalue weighted by molar-refractivity contribution is 8.00. The van der Waals surface area contributed by atoms with Gasteiger partial charge < -0.3 is 14.6 Å². The van der Waals surface area contributed by atoms with Gasteiger partial charge in [0.1, 0.15) is 17.3 Å². The summed E-state index contributed by atoms with van der Waals surface area (Å²) in [6, 6.07) is 27.6. The quantitative estimate of drug-likeness (QED) is 0.0474. The number of ether oxygens (including phenoxy) is 2. The lowest BCUT2D eigenvalue weighted by molar-refractivity contribution is -0.132. The van der Waals surface area contributed by atoms with Crippen LogP contribution in [0.5, 0.6) is 11.5 Å². The molecule has 1 unspecified atom stereocenters. The molecule has 1 fully saturated rings. The number of carbonyl (C=O) groups is 2. The maximum Gasteiger partial charge on any atom is 0.301 e. The summed E-state index contributed by atoms with van der Waals surface area (Å²) >= 11 is 2.76. The van der Waals surface area contributed by atoms with Gasteiger partial charge in [-0.3, -0.25) is 14.5 Å². The van der Waals surface area contributed by atoms with E-state index in [0.29, 0.717) is 45.9 Å². The number of thioether (sulfide) groups is 1. The molecule has 1 aliphatic rings. The molecule has 8 nitrogen and oxygen atoms in total. The Morgan fingerprint density at radius 1 is 0.870 bits per heavy atom. The molecular weight excluding hydrogens is 619 g/mol. The fourth-order valence-electron chi connectivity index (χ4n) is 5.34. The lowest BCUT2D eigenvalue weighted by atomic mass is 9.95. The van der Waals surface area contributed by atoms with E-state index in [0.717, 1.165) is 23.8 Å². The predicted molar refractivity (Wildman–Crippen MR) is 183 cm³/mol. The van der Waals surface area contributed by atoms with Crippen LogP contribution < -0.4 is 14.4 Å². The van der Waals surface area contributed by atoms with Crippen LogP contribution in [-0.4, -0.2) is 40.2 Å². The molecule has 0 radical (unpaired) electrons. The third kappa shape index (κ3) is 6.49. The Labute approximate surface area is 275 Å². The molecular formula is C36H33N3O5S2. The zero-order valence-electron chi connectivity index (χ0n) is 25.5. The number of aliphatic hydroxyl groups is 1. The number of ketones is 1. The van der Waals surface area contributed by atoms with Crippen molar-refractivity contribution in [1.82, 2.24) is 10.2 Å². The number of Topliss-reactive ketones (excluding diaryl/α,β-unsaturated/α-hetero) is 1. The van der Waals surface area contributed by atoms with Gasteiger partial charge in [0, 0.05) is 11.3 Å². The lowest BCUT2D eigenvalue weighted by Crippen LogP contribution is -2.29. The fourth-order valence-corrected chi connectivity index (χ4v) is 7.21. The van der Waals surface area contributed by atoms with Gasteiger partial charge in [-0.1, -0.05) is 91.5 Å². The van der Waals surface area contributed by atoms with Gasteiger partial charge >= 0.3 is 5.91 Å². The third-order valence-electron chi connectivity index (χ3n) is 7.52. The Balaban J connectivity index is 1.36. The molecule has 1 saturated heterocycles. The summed E-state index contributed by atoms with van der Waals surface area (Å²) in [6.07, 6.45) is 1.69. The van der Waals surface area contributed by atoms with Crippen LogP contribution in [0.1, 0.15) is 49.4 Å². The number of hydrogen-bond donors (Lipinski definition) is 1. The number of carbonyl (C=O) groups excluding carboxylic acids is 2. The molecule has 46 heavy (non-hydrogen) atoms. The Morgan fingerprint density at radius 3 is 2.37 bits per heavy atom. The van der Waals surface area contributed by atoms with Gasteiger partial charge in [-0.2, -0.15) is 0 Å². The number of rotatable bonds is 12. The highest BCUT2D eigenvalue weighted by Crippen LogP contribution is 2.45. The second-order valence-corrected chi connectivity index (χ2v) is 12.9. The van der Waals surface area contributed by atoms with Crippen molar-refractivity contribution in [3.8, 4) is 11.5 Å². The van der Waals surface area contributed by atoms with E-state index in [4.69, 9.17) is 9.47 Å². The van der Waals surface area contributed by atoms with Crippen LogP contribution >= 0.6 is 23.1 Å². The van der Waals surface area contributed by atoms with E-state index in [1.807, 2.05) is 50.2 Å². The molecule has 0 spiro atoms. The average Bonchev–Trinajstić information content (AvgIpc) is 3.66. The molecule has 1 amide bonds. The van der Waals surface area contributed by atoms with Gasteiger partial charge in [0.2, 0.25) is 5.13 Å². The smallest absolute Gasteiger partial charge is 0.301 e. The number of hydrogen-bond acceptors (Lipinski definition) is 9. The molecule has 0 bridgehead atoms. The summed E-state index contributed by atoms with van der Waals surface area (Å²) in [5.74, 6) is 0.0600. The first-order valence-corrected chi connectivity index (χ1v) is 17.0. The van der Waals surface area contributed by atoms with Crippen LogP contribution in [0.2, 0.25) is 0 Å². The summed E-state index contributed by atoms with van der Waals surface area (Å²) in [6.45, 7) is 5.12. The summed E-state index contributed by atoms with van der Waals surface area (Å²) in [5, 5.41) is 22.9. The Kier molecular flexibility index (Phi) is 9.65. The summed E-state index contributed by atoms with van der Waals surface area (Å²) in [7, 11) is 0. The van der Waals surface area contributed by atoms with Crippen molar-refractivity contribution in [3.05, 3.63) is 113 Å². The first kappa shape index (κ1) is 31.3. The molecule has 1 aliphatic heterocycles. The van der Waals surface area contributed by atoms with Gasteiger partial charge in [0.15, 0.2) is 4.34 Å². The minimum absolute atomic E-state index is 0.0278. The van der Waals surface area contributed by atoms with Crippen molar-refractivity contribution < 1.29 is 24.2 Å². The SMILES string of the molecule is CCCOc1ccc(C(O)=C2C(=O)C(=O)N(c3nnc(SCc4cccc5ccccc45)s3)C2c2cccc(OCCC)c2)cc1. The second-order valence-electron chi connectivity index (χ2n) is 10.7. The molecule has 1 atom stereocenters. The van der Waals surface area contributed by atoms with Crippen LogP contribution in [0.3, 0.4) is 0 Å². The summed E-state index contributed by atoms with van der Waals surface area (Å²) < 4.78 is 12.2. The van der Waals surface area contributed by atoms with E-state index in [1.54, 1.807) is 30.3 Å². The molecule has 1 aromatic heterocycles. The van der Waals surface area contributed by atoms with Crippen molar-refractivity contribution in [2.45, 2.75) is 42.8 Å². The third-order valence-corrected chi connectivity index (χ3v) is 9.63. The topological polar surface area (TPSA) is 102 Å². The normalized spacial score (nSPS) is 15.9. The first-order chi connectivity index (χ1) is 22.5. The van der Waals surface area contributed by atoms with E-state index in [9.17, 15) is 14.7 Å². The van der Waals surface area contributed by atoms with Gasteiger partial charge in [0.05, 0.1) is 24.8 Å². The lowest BCUT2D eigenvalue weighted by Gasteiger charge is -2.23. The molecule has 6 rings (SSSR count). The zero-order valence-corrected chi connectivity index (χ0v) is 27.1. The molecule has 2 heterocycles. The highest BCUT2D eigenvalue weighted by atomic mass is 32.2. The molecule has 1 N–H and O–H groups in total. The largest absolute Gasteiger partial charge is 0.507 e. The minimum atomic E-state index is -0.940. The molecule has 0 saturated carbocycles. The van der Waals surface area contributed by atoms with Crippen LogP contribution in [-0.2, 0) is 15.3 Å². The van der Waals surface area contributed by atoms with E-state index in [-0.39, 0.29) is 16.5 Å². The number of aliphatic hydroxyl groups excluding tert-OH is 1. The molecule has 4 aromatic carbocycles. The summed E-state index contributed by atoms with van der Waals surface area (Å²) in [4.78, 5) is 28.7. The average molecular weight is 652 g/mol. The summed E-state index contributed by atoms with van der Waals surface area (Å²) in [5.41, 5.74) is 2.14. The van der Waals surface area contributed by atoms with Crippen LogP contribution in [0.15, 0.2) is 101 Å². The van der Waals surface area contributed by atoms with Crippen molar-refractivity contribution in [2.75, 3.05) is 18.1 Å². The van der Waals surface area contributed by atoms with E-state index in [1.165, 1.54) is 33.4 Å². The molecule has 10 heteroatoms. The number of benzene rings is 4. The number of nitrogens with zero attached hydrogens (tertiary/aromatic N) is 3. The van der Waals surface area contributed by atoms with E-state index in [2.05, 4.69) is 34.5 Å². The molecule has 234 valence electrons. The highest BCUT2D eigenvalue weighted by Gasteiger charge is 2.48. The van der Waals surface area contributed by atoms with Gasteiger partial charge in [0.25, 0.3) is 5.78 Å². The van der Waals surface area contributed by atoms with Crippen LogP contribution in [0.25, 0.3) is 16.5 Å². The van der Waals surface area contributed by atoms with Crippen molar-refractivity contribution in [1.29, 1.82) is 0 Å². The monoisotopic (exact) mass is 651 g/mol. The Bertz CT molecular complexity index is 1900. The second kappa shape index (κ2) is 14.2. The van der Waals surface area contributed by atoms with Crippen LogP contribution in [0.4, 0.5) is 5.13 Å². The van der Waals surface area contributed by atoms with Crippen molar-refractivity contribution in [2.24, 2.45) is 0 Å². The number of aromatic nitrogens is 2. The van der Waals surface area contributed by atoms with E-state index >= 15 is 0 Å². The zero-order chi connectivity index (χ0) is 32.0. The minimum Gasteiger partial charge on any atom is -0.507 e. The maximum atomic E-state index is 13.7. The Morgan fingerprint density at radius 2 is 1.59 bits per heavy atom. The standard InChI is InChI=1S/C36H33N3O5S2/c1-3-19-43-27-17-15-24(16-18-27)32(40)30-31(25-11-8-13-28(21-25)44-20-4-2)39(34(42)33(30)41)35-37-38-36(46-35)45-22-26-12-7-10-23-9-5-6-14-29(23)26/h5-18,21,31,40H,3-4,19-20,22H2,1-2H3. The van der Waals surface area contributed by atoms with E-state index < -0.39 is 17.7 Å². The molecule has 5 aromatic rings. The molecule has 0 aliphatic carbocycles. The maximum absolute atomic E-state index is 13.7. The fraction of sp³-hybridized carbons (Fsp3) is 0.222. The van der Waals surface area contributed by atoms with Crippen LogP contribution in [0, 0.1) is 0 Å². The van der Waals surface area contributed by atoms with Crippen molar-refractivity contribution in [3.63, 3.8) is 0 Å².